The molecule has 0 atom stereocenters. The molecular formula is C12H17N3O2S2. The van der Waals surface area contributed by atoms with E-state index in [-0.39, 0.29) is 15.3 Å². The highest BCUT2D eigenvalue weighted by atomic mass is 32.2. The Morgan fingerprint density at radius 2 is 2.11 bits per heavy atom. The highest BCUT2D eigenvalue weighted by Crippen LogP contribution is 2.23. The Labute approximate surface area is 118 Å². The van der Waals surface area contributed by atoms with Crippen LogP contribution in [0.25, 0.3) is 0 Å². The molecule has 0 heterocycles. The molecule has 1 aromatic rings. The van der Waals surface area contributed by atoms with Gasteiger partial charge in [0, 0.05) is 11.3 Å². The lowest BCUT2D eigenvalue weighted by atomic mass is 10.2. The Morgan fingerprint density at radius 3 is 2.58 bits per heavy atom. The summed E-state index contributed by atoms with van der Waals surface area (Å²) in [6.45, 7) is 4.20. The molecule has 7 heteroatoms. The molecule has 0 spiro atoms. The van der Waals surface area contributed by atoms with Crippen LogP contribution in [-0.4, -0.2) is 26.0 Å². The normalized spacial score (nSPS) is 12.1. The van der Waals surface area contributed by atoms with E-state index in [1.807, 2.05) is 26.2 Å². The lowest BCUT2D eigenvalue weighted by molar-refractivity contribution is 0.571. The highest BCUT2D eigenvalue weighted by molar-refractivity contribution is 8.00. The Bertz CT molecular complexity index is 604. The molecule has 3 N–H and O–H groups in total. The number of anilines is 1. The van der Waals surface area contributed by atoms with E-state index in [4.69, 9.17) is 11.0 Å². The Morgan fingerprint density at radius 1 is 1.47 bits per heavy atom. The van der Waals surface area contributed by atoms with E-state index < -0.39 is 10.0 Å². The van der Waals surface area contributed by atoms with Crippen molar-refractivity contribution < 1.29 is 8.42 Å². The van der Waals surface area contributed by atoms with Gasteiger partial charge in [-0.2, -0.15) is 17.0 Å². The topological polar surface area (TPSA) is 96.0 Å². The molecule has 1 rings (SSSR count). The predicted octanol–water partition coefficient (Wildman–Crippen LogP) is 1.56. The molecule has 0 aliphatic heterocycles. The van der Waals surface area contributed by atoms with E-state index in [0.29, 0.717) is 12.1 Å². The van der Waals surface area contributed by atoms with Crippen LogP contribution in [0.1, 0.15) is 19.4 Å². The number of nitrogen functional groups attached to an aromatic ring is 1. The molecular weight excluding hydrogens is 282 g/mol. The summed E-state index contributed by atoms with van der Waals surface area (Å²) in [6, 6.07) is 6.05. The average Bonchev–Trinajstić information content (AvgIpc) is 2.36. The monoisotopic (exact) mass is 299 g/mol. The molecule has 104 valence electrons. The molecule has 0 fully saturated rings. The van der Waals surface area contributed by atoms with Crippen molar-refractivity contribution in [2.24, 2.45) is 0 Å². The summed E-state index contributed by atoms with van der Waals surface area (Å²) in [6.07, 6.45) is 1.92. The Balaban J connectivity index is 2.99. The minimum Gasteiger partial charge on any atom is -0.398 e. The van der Waals surface area contributed by atoms with Crippen molar-refractivity contribution >= 4 is 27.5 Å². The third-order valence-corrected chi connectivity index (χ3v) is 5.39. The third kappa shape index (κ3) is 4.13. The Hall–Kier alpha value is -1.23. The van der Waals surface area contributed by atoms with Crippen molar-refractivity contribution in [3.8, 4) is 6.07 Å². The maximum atomic E-state index is 12.1. The quantitative estimate of drug-likeness (QED) is 0.804. The van der Waals surface area contributed by atoms with E-state index in [0.717, 1.165) is 0 Å². The SMILES string of the molecule is CSC(C)(C)CNS(=O)(=O)c1ccc(C#N)cc1N. The van der Waals surface area contributed by atoms with Crippen LogP contribution in [0.15, 0.2) is 23.1 Å². The van der Waals surface area contributed by atoms with Crippen molar-refractivity contribution in [1.82, 2.24) is 4.72 Å². The number of nitrogens with one attached hydrogen (secondary N) is 1. The molecule has 19 heavy (non-hydrogen) atoms. The lowest BCUT2D eigenvalue weighted by Crippen LogP contribution is -2.36. The Kier molecular flexibility index (Phi) is 4.85. The van der Waals surface area contributed by atoms with Crippen LogP contribution >= 0.6 is 11.8 Å². The molecule has 0 bridgehead atoms. The zero-order valence-corrected chi connectivity index (χ0v) is 12.7. The number of thioether (sulfide) groups is 1. The first-order valence-electron chi connectivity index (χ1n) is 5.56. The number of hydrogen-bond acceptors (Lipinski definition) is 5. The number of hydrogen-bond donors (Lipinski definition) is 2. The van der Waals surface area contributed by atoms with Crippen LogP contribution < -0.4 is 10.5 Å². The molecule has 0 aliphatic rings. The van der Waals surface area contributed by atoms with Gasteiger partial charge < -0.3 is 5.73 Å². The fraction of sp³-hybridized carbons (Fsp3) is 0.417. The van der Waals surface area contributed by atoms with E-state index in [1.165, 1.54) is 18.2 Å². The first kappa shape index (κ1) is 15.8. The minimum atomic E-state index is -3.66. The fourth-order valence-corrected chi connectivity index (χ4v) is 2.91. The summed E-state index contributed by atoms with van der Waals surface area (Å²) in [4.78, 5) is 0.00315. The highest BCUT2D eigenvalue weighted by Gasteiger charge is 2.22. The van der Waals surface area contributed by atoms with Crippen LogP contribution in [0.4, 0.5) is 5.69 Å². The molecule has 0 saturated heterocycles. The second-order valence-electron chi connectivity index (χ2n) is 4.65. The number of nitriles is 1. The molecule has 0 aliphatic carbocycles. The van der Waals surface area contributed by atoms with Gasteiger partial charge in [-0.05, 0) is 38.3 Å². The van der Waals surface area contributed by atoms with Crippen molar-refractivity contribution in [2.45, 2.75) is 23.5 Å². The van der Waals surface area contributed by atoms with E-state index in [9.17, 15) is 8.42 Å². The van der Waals surface area contributed by atoms with Gasteiger partial charge in [0.15, 0.2) is 0 Å². The number of nitrogens with two attached hydrogens (primary N) is 1. The molecule has 0 saturated carbocycles. The molecule has 0 unspecified atom stereocenters. The van der Waals surface area contributed by atoms with Crippen LogP contribution in [0.3, 0.4) is 0 Å². The molecule has 0 aromatic heterocycles. The average molecular weight is 299 g/mol. The van der Waals surface area contributed by atoms with Gasteiger partial charge in [0.05, 0.1) is 17.3 Å². The first-order valence-corrected chi connectivity index (χ1v) is 8.27. The first-order chi connectivity index (χ1) is 8.72. The zero-order valence-electron chi connectivity index (χ0n) is 11.1. The largest absolute Gasteiger partial charge is 0.398 e. The molecule has 5 nitrogen and oxygen atoms in total. The van der Waals surface area contributed by atoms with Gasteiger partial charge >= 0.3 is 0 Å². The van der Waals surface area contributed by atoms with Gasteiger partial charge in [-0.15, -0.1) is 0 Å². The van der Waals surface area contributed by atoms with Crippen LogP contribution in [0.5, 0.6) is 0 Å². The van der Waals surface area contributed by atoms with Gasteiger partial charge in [0.25, 0.3) is 0 Å². The van der Waals surface area contributed by atoms with Crippen LogP contribution in [-0.2, 0) is 10.0 Å². The summed E-state index contributed by atoms with van der Waals surface area (Å²) in [5, 5.41) is 8.72. The summed E-state index contributed by atoms with van der Waals surface area (Å²) in [5.74, 6) is 0. The summed E-state index contributed by atoms with van der Waals surface area (Å²) in [5.41, 5.74) is 6.09. The number of sulfonamides is 1. The lowest BCUT2D eigenvalue weighted by Gasteiger charge is -2.22. The summed E-state index contributed by atoms with van der Waals surface area (Å²) in [7, 11) is -3.66. The third-order valence-electron chi connectivity index (χ3n) is 2.67. The fourth-order valence-electron chi connectivity index (χ4n) is 1.28. The van der Waals surface area contributed by atoms with Gasteiger partial charge in [-0.1, -0.05) is 0 Å². The van der Waals surface area contributed by atoms with Gasteiger partial charge in [-0.25, -0.2) is 13.1 Å². The smallest absolute Gasteiger partial charge is 0.242 e. The van der Waals surface area contributed by atoms with Crippen molar-refractivity contribution in [1.29, 1.82) is 5.26 Å². The molecule has 1 aromatic carbocycles. The molecule has 0 amide bonds. The van der Waals surface area contributed by atoms with Crippen molar-refractivity contribution in [2.75, 3.05) is 18.5 Å². The zero-order chi connectivity index (χ0) is 14.7. The van der Waals surface area contributed by atoms with Crippen molar-refractivity contribution in [3.63, 3.8) is 0 Å². The second-order valence-corrected chi connectivity index (χ2v) is 7.90. The second kappa shape index (κ2) is 5.82. The van der Waals surface area contributed by atoms with E-state index in [1.54, 1.807) is 11.8 Å². The van der Waals surface area contributed by atoms with Crippen LogP contribution in [0.2, 0.25) is 0 Å². The van der Waals surface area contributed by atoms with E-state index >= 15 is 0 Å². The predicted molar refractivity (Wildman–Crippen MR) is 78.4 cm³/mol. The van der Waals surface area contributed by atoms with Crippen molar-refractivity contribution in [3.05, 3.63) is 23.8 Å². The number of benzene rings is 1. The maximum absolute atomic E-state index is 12.1. The molecule has 0 radical (unpaired) electrons. The summed E-state index contributed by atoms with van der Waals surface area (Å²) >= 11 is 1.57. The maximum Gasteiger partial charge on any atom is 0.242 e. The van der Waals surface area contributed by atoms with Gasteiger partial charge in [0.1, 0.15) is 4.90 Å². The van der Waals surface area contributed by atoms with Crippen LogP contribution in [0, 0.1) is 11.3 Å². The standard InChI is InChI=1S/C12H17N3O2S2/c1-12(2,18-3)8-15-19(16,17)11-5-4-9(7-13)6-10(11)14/h4-6,15H,8,14H2,1-3H3. The van der Waals surface area contributed by atoms with Gasteiger partial charge in [-0.3, -0.25) is 0 Å². The summed E-state index contributed by atoms with van der Waals surface area (Å²) < 4.78 is 26.6. The van der Waals surface area contributed by atoms with E-state index in [2.05, 4.69) is 4.72 Å². The minimum absolute atomic E-state index is 0.00315. The number of rotatable bonds is 5. The number of nitrogens with zero attached hydrogens (tertiary/aromatic N) is 1. The van der Waals surface area contributed by atoms with Gasteiger partial charge in [0.2, 0.25) is 10.0 Å².